The number of nitrogens with zero attached hydrogens (tertiary/aromatic N) is 3. The standard InChI is InChI=1S/C24H33N3O6/c1-2-32-24(28)23(26-10-6-3-7-11-26)20(25-12-14-31-15-13-25)16-19-18-8-4-5-9-22(18)33-17-21(19)27(29)30/h4-5,8-9,19,21H,2-3,6-7,10-17H2,1H3. The molecule has 0 aliphatic carbocycles. The first-order valence-corrected chi connectivity index (χ1v) is 11.9. The molecule has 3 aliphatic heterocycles. The van der Waals surface area contributed by atoms with Crippen LogP contribution in [0.1, 0.15) is 44.1 Å². The highest BCUT2D eigenvalue weighted by molar-refractivity contribution is 5.88. The van der Waals surface area contributed by atoms with E-state index in [2.05, 4.69) is 9.80 Å². The van der Waals surface area contributed by atoms with E-state index in [1.807, 2.05) is 24.3 Å². The predicted molar refractivity (Wildman–Crippen MR) is 122 cm³/mol. The molecule has 2 saturated heterocycles. The molecule has 2 unspecified atom stereocenters. The number of ether oxygens (including phenoxy) is 3. The number of likely N-dealkylation sites (tertiary alicyclic amines) is 1. The van der Waals surface area contributed by atoms with Crippen molar-refractivity contribution < 1.29 is 23.9 Å². The van der Waals surface area contributed by atoms with Gasteiger partial charge in [0, 0.05) is 48.8 Å². The first kappa shape index (κ1) is 23.4. The fourth-order valence-corrected chi connectivity index (χ4v) is 5.03. The van der Waals surface area contributed by atoms with Crippen molar-refractivity contribution in [2.24, 2.45) is 0 Å². The molecule has 1 aromatic rings. The average Bonchev–Trinajstić information content (AvgIpc) is 2.85. The molecular formula is C24H33N3O6. The Morgan fingerprint density at radius 2 is 1.85 bits per heavy atom. The molecule has 0 amide bonds. The molecule has 0 N–H and O–H groups in total. The first-order valence-electron chi connectivity index (χ1n) is 11.9. The van der Waals surface area contributed by atoms with Crippen molar-refractivity contribution in [1.82, 2.24) is 9.80 Å². The molecule has 9 heteroatoms. The summed E-state index contributed by atoms with van der Waals surface area (Å²) in [4.78, 5) is 29.3. The lowest BCUT2D eigenvalue weighted by molar-refractivity contribution is -0.530. The van der Waals surface area contributed by atoms with E-state index in [1.165, 1.54) is 0 Å². The maximum absolute atomic E-state index is 13.3. The quantitative estimate of drug-likeness (QED) is 0.266. The minimum atomic E-state index is -0.888. The molecule has 0 spiro atoms. The van der Waals surface area contributed by atoms with Crippen LogP contribution < -0.4 is 4.74 Å². The van der Waals surface area contributed by atoms with E-state index >= 15 is 0 Å². The minimum absolute atomic E-state index is 0.0174. The summed E-state index contributed by atoms with van der Waals surface area (Å²) in [6.07, 6.45) is 3.53. The van der Waals surface area contributed by atoms with Gasteiger partial charge in [-0.3, -0.25) is 10.1 Å². The number of esters is 1. The maximum atomic E-state index is 13.3. The van der Waals surface area contributed by atoms with Gasteiger partial charge in [-0.05, 0) is 32.3 Å². The van der Waals surface area contributed by atoms with E-state index < -0.39 is 12.0 Å². The number of carbonyl (C=O) groups is 1. The first-order chi connectivity index (χ1) is 16.1. The van der Waals surface area contributed by atoms with Crippen LogP contribution in [0, 0.1) is 10.1 Å². The Hall–Kier alpha value is -2.81. The second-order valence-corrected chi connectivity index (χ2v) is 8.68. The monoisotopic (exact) mass is 459 g/mol. The van der Waals surface area contributed by atoms with Crippen molar-refractivity contribution in [1.29, 1.82) is 0 Å². The normalized spacial score (nSPS) is 23.8. The van der Waals surface area contributed by atoms with Gasteiger partial charge in [0.1, 0.15) is 11.4 Å². The molecule has 4 rings (SSSR count). The summed E-state index contributed by atoms with van der Waals surface area (Å²) in [5.41, 5.74) is 2.20. The number of hydrogen-bond acceptors (Lipinski definition) is 8. The number of fused-ring (bicyclic) bond motifs is 1. The molecule has 33 heavy (non-hydrogen) atoms. The van der Waals surface area contributed by atoms with E-state index in [0.29, 0.717) is 44.2 Å². The highest BCUT2D eigenvalue weighted by atomic mass is 16.6. The molecule has 3 aliphatic rings. The summed E-state index contributed by atoms with van der Waals surface area (Å²) in [5.74, 6) is -0.0755. The van der Waals surface area contributed by atoms with Gasteiger partial charge in [0.2, 0.25) is 0 Å². The van der Waals surface area contributed by atoms with E-state index in [1.54, 1.807) is 6.92 Å². The largest absolute Gasteiger partial charge is 0.486 e. The summed E-state index contributed by atoms with van der Waals surface area (Å²) >= 11 is 0. The van der Waals surface area contributed by atoms with E-state index in [4.69, 9.17) is 14.2 Å². The second-order valence-electron chi connectivity index (χ2n) is 8.68. The van der Waals surface area contributed by atoms with Crippen LogP contribution in [0.3, 0.4) is 0 Å². The van der Waals surface area contributed by atoms with E-state index in [9.17, 15) is 14.9 Å². The number of para-hydroxylation sites is 1. The lowest BCUT2D eigenvalue weighted by atomic mass is 9.84. The number of morpholine rings is 1. The van der Waals surface area contributed by atoms with Crippen LogP contribution in [0.2, 0.25) is 0 Å². The van der Waals surface area contributed by atoms with Gasteiger partial charge in [0.25, 0.3) is 6.04 Å². The molecule has 0 aromatic heterocycles. The SMILES string of the molecule is CCOC(=O)C(=C(CC1c2ccccc2OCC1[N+](=O)[O-])N1CCOCC1)N1CCCCC1. The number of allylic oxidation sites excluding steroid dienone is 1. The Bertz CT molecular complexity index is 877. The van der Waals surface area contributed by atoms with Crippen LogP contribution in [0.25, 0.3) is 0 Å². The fraction of sp³-hybridized carbons (Fsp3) is 0.625. The molecule has 9 nitrogen and oxygen atoms in total. The van der Waals surface area contributed by atoms with Crippen LogP contribution in [-0.4, -0.2) is 79.3 Å². The lowest BCUT2D eigenvalue weighted by Gasteiger charge is -2.39. The zero-order valence-electron chi connectivity index (χ0n) is 19.2. The molecule has 0 radical (unpaired) electrons. The van der Waals surface area contributed by atoms with Crippen molar-refractivity contribution in [3.63, 3.8) is 0 Å². The lowest BCUT2D eigenvalue weighted by Crippen LogP contribution is -2.44. The summed E-state index contributed by atoms with van der Waals surface area (Å²) < 4.78 is 16.8. The highest BCUT2D eigenvalue weighted by Gasteiger charge is 2.41. The summed E-state index contributed by atoms with van der Waals surface area (Å²) in [6.45, 7) is 6.06. The third kappa shape index (κ3) is 5.24. The van der Waals surface area contributed by atoms with Crippen LogP contribution in [0.4, 0.5) is 0 Å². The predicted octanol–water partition coefficient (Wildman–Crippen LogP) is 2.79. The van der Waals surface area contributed by atoms with Gasteiger partial charge in [-0.2, -0.15) is 0 Å². The number of carbonyl (C=O) groups excluding carboxylic acids is 1. The molecular weight excluding hydrogens is 426 g/mol. The van der Waals surface area contributed by atoms with Crippen molar-refractivity contribution >= 4 is 5.97 Å². The van der Waals surface area contributed by atoms with Gasteiger partial charge < -0.3 is 24.0 Å². The molecule has 0 bridgehead atoms. The van der Waals surface area contributed by atoms with Gasteiger partial charge >= 0.3 is 5.97 Å². The summed E-state index contributed by atoms with van der Waals surface area (Å²) in [5, 5.41) is 12.0. The Morgan fingerprint density at radius 3 is 2.55 bits per heavy atom. The van der Waals surface area contributed by atoms with Crippen LogP contribution in [0.5, 0.6) is 5.75 Å². The Morgan fingerprint density at radius 1 is 1.12 bits per heavy atom. The second kappa shape index (κ2) is 10.9. The van der Waals surface area contributed by atoms with Crippen molar-refractivity contribution in [3.05, 3.63) is 51.3 Å². The summed E-state index contributed by atoms with van der Waals surface area (Å²) in [7, 11) is 0. The third-order valence-electron chi connectivity index (χ3n) is 6.68. The zero-order chi connectivity index (χ0) is 23.2. The number of rotatable bonds is 7. The summed E-state index contributed by atoms with van der Waals surface area (Å²) in [6, 6.07) is 6.62. The van der Waals surface area contributed by atoms with Gasteiger partial charge in [-0.25, -0.2) is 4.79 Å². The number of benzene rings is 1. The van der Waals surface area contributed by atoms with Crippen LogP contribution in [-0.2, 0) is 14.3 Å². The number of piperidine rings is 1. The average molecular weight is 460 g/mol. The highest BCUT2D eigenvalue weighted by Crippen LogP contribution is 2.40. The zero-order valence-corrected chi connectivity index (χ0v) is 19.2. The van der Waals surface area contributed by atoms with E-state index in [-0.39, 0.29) is 24.1 Å². The molecule has 180 valence electrons. The van der Waals surface area contributed by atoms with Gasteiger partial charge in [-0.1, -0.05) is 18.2 Å². The topological polar surface area (TPSA) is 94.4 Å². The number of nitro groups is 1. The molecule has 2 fully saturated rings. The minimum Gasteiger partial charge on any atom is -0.486 e. The van der Waals surface area contributed by atoms with Crippen LogP contribution >= 0.6 is 0 Å². The number of hydrogen-bond donors (Lipinski definition) is 0. The Kier molecular flexibility index (Phi) is 7.69. The van der Waals surface area contributed by atoms with E-state index in [0.717, 1.165) is 43.6 Å². The Balaban J connectivity index is 1.80. The smallest absolute Gasteiger partial charge is 0.356 e. The molecule has 0 saturated carbocycles. The third-order valence-corrected chi connectivity index (χ3v) is 6.68. The van der Waals surface area contributed by atoms with Crippen molar-refractivity contribution in [3.8, 4) is 5.75 Å². The maximum Gasteiger partial charge on any atom is 0.356 e. The van der Waals surface area contributed by atoms with Gasteiger partial charge in [-0.15, -0.1) is 0 Å². The van der Waals surface area contributed by atoms with Gasteiger partial charge in [0.15, 0.2) is 6.61 Å². The Labute approximate surface area is 194 Å². The van der Waals surface area contributed by atoms with Crippen LogP contribution in [0.15, 0.2) is 35.7 Å². The molecule has 2 atom stereocenters. The van der Waals surface area contributed by atoms with Crippen molar-refractivity contribution in [2.75, 3.05) is 52.6 Å². The molecule has 1 aromatic carbocycles. The van der Waals surface area contributed by atoms with Gasteiger partial charge in [0.05, 0.1) is 25.7 Å². The van der Waals surface area contributed by atoms with Crippen molar-refractivity contribution in [2.45, 2.75) is 44.6 Å². The molecule has 3 heterocycles. The fourth-order valence-electron chi connectivity index (χ4n) is 5.03.